The molecule has 0 spiro atoms. The lowest BCUT2D eigenvalue weighted by atomic mass is 10.1. The smallest absolute Gasteiger partial charge is 0.243 e. The molecule has 1 saturated heterocycles. The number of sulfonamides is 1. The molecule has 0 saturated carbocycles. The van der Waals surface area contributed by atoms with Crippen LogP contribution in [-0.2, 0) is 16.6 Å². The number of nitrogens with zero attached hydrogens (tertiary/aromatic N) is 4. The molecule has 7 nitrogen and oxygen atoms in total. The zero-order valence-corrected chi connectivity index (χ0v) is 15.3. The third-order valence-corrected chi connectivity index (χ3v) is 6.57. The van der Waals surface area contributed by atoms with Crippen LogP contribution in [0, 0.1) is 6.92 Å². The molecule has 0 aliphatic carbocycles. The second-order valence-electron chi connectivity index (χ2n) is 6.46. The SMILES string of the molecule is Cc1ccc(S(=O)(=O)N(CCCn2cnnc2)C2CCNCC2)cc1. The third kappa shape index (κ3) is 4.45. The number of hydrogen-bond acceptors (Lipinski definition) is 5. The van der Waals surface area contributed by atoms with Crippen LogP contribution in [0.5, 0.6) is 0 Å². The predicted molar refractivity (Wildman–Crippen MR) is 95.6 cm³/mol. The molecule has 1 aromatic carbocycles. The normalized spacial score (nSPS) is 16.4. The van der Waals surface area contributed by atoms with Crippen molar-refractivity contribution < 1.29 is 8.42 Å². The van der Waals surface area contributed by atoms with Crippen LogP contribution in [0.4, 0.5) is 0 Å². The van der Waals surface area contributed by atoms with Gasteiger partial charge in [0.15, 0.2) is 0 Å². The largest absolute Gasteiger partial charge is 0.320 e. The number of nitrogens with one attached hydrogen (secondary N) is 1. The van der Waals surface area contributed by atoms with Crippen LogP contribution < -0.4 is 5.32 Å². The Bertz CT molecular complexity index is 753. The summed E-state index contributed by atoms with van der Waals surface area (Å²) in [5, 5.41) is 10.9. The van der Waals surface area contributed by atoms with Crippen LogP contribution in [0.15, 0.2) is 41.8 Å². The maximum Gasteiger partial charge on any atom is 0.243 e. The number of rotatable bonds is 7. The Labute approximate surface area is 149 Å². The molecule has 1 fully saturated rings. The van der Waals surface area contributed by atoms with Crippen molar-refractivity contribution in [2.45, 2.75) is 43.7 Å². The van der Waals surface area contributed by atoms with Crippen molar-refractivity contribution in [2.75, 3.05) is 19.6 Å². The van der Waals surface area contributed by atoms with Crippen LogP contribution in [0.2, 0.25) is 0 Å². The summed E-state index contributed by atoms with van der Waals surface area (Å²) < 4.78 is 30.0. The van der Waals surface area contributed by atoms with Gasteiger partial charge in [-0.15, -0.1) is 10.2 Å². The lowest BCUT2D eigenvalue weighted by molar-refractivity contribution is 0.256. The van der Waals surface area contributed by atoms with Gasteiger partial charge in [0.05, 0.1) is 4.90 Å². The molecule has 0 unspecified atom stereocenters. The van der Waals surface area contributed by atoms with E-state index >= 15 is 0 Å². The molecule has 0 radical (unpaired) electrons. The number of hydrogen-bond donors (Lipinski definition) is 1. The van der Waals surface area contributed by atoms with E-state index in [2.05, 4.69) is 15.5 Å². The first-order valence-electron chi connectivity index (χ1n) is 8.69. The average Bonchev–Trinajstić information content (AvgIpc) is 3.13. The lowest BCUT2D eigenvalue weighted by Gasteiger charge is -2.33. The summed E-state index contributed by atoms with van der Waals surface area (Å²) in [5.41, 5.74) is 1.06. The van der Waals surface area contributed by atoms with Gasteiger partial charge in [-0.1, -0.05) is 17.7 Å². The average molecular weight is 363 g/mol. The van der Waals surface area contributed by atoms with Crippen molar-refractivity contribution in [3.05, 3.63) is 42.5 Å². The molecule has 1 aliphatic rings. The molecule has 1 aliphatic heterocycles. The van der Waals surface area contributed by atoms with Gasteiger partial charge in [-0.25, -0.2) is 8.42 Å². The molecule has 3 rings (SSSR count). The minimum Gasteiger partial charge on any atom is -0.320 e. The minimum absolute atomic E-state index is 0.0495. The highest BCUT2D eigenvalue weighted by molar-refractivity contribution is 7.89. The zero-order valence-electron chi connectivity index (χ0n) is 14.5. The molecule has 0 amide bonds. The van der Waals surface area contributed by atoms with Crippen LogP contribution in [-0.4, -0.2) is 53.2 Å². The van der Waals surface area contributed by atoms with Crippen molar-refractivity contribution in [1.29, 1.82) is 0 Å². The molecule has 0 bridgehead atoms. The second-order valence-corrected chi connectivity index (χ2v) is 8.35. The van der Waals surface area contributed by atoms with Gasteiger partial charge in [0, 0.05) is 19.1 Å². The van der Waals surface area contributed by atoms with Gasteiger partial charge in [0.1, 0.15) is 12.7 Å². The first-order chi connectivity index (χ1) is 12.1. The zero-order chi connectivity index (χ0) is 17.7. The molecule has 1 N–H and O–H groups in total. The summed E-state index contributed by atoms with van der Waals surface area (Å²) in [7, 11) is -3.49. The maximum absolute atomic E-state index is 13.2. The van der Waals surface area contributed by atoms with E-state index in [1.807, 2.05) is 23.6 Å². The fourth-order valence-corrected chi connectivity index (χ4v) is 4.91. The molecule has 1 aromatic heterocycles. The van der Waals surface area contributed by atoms with Gasteiger partial charge in [-0.2, -0.15) is 4.31 Å². The van der Waals surface area contributed by atoms with Crippen molar-refractivity contribution in [3.8, 4) is 0 Å². The number of benzene rings is 1. The van der Waals surface area contributed by atoms with Gasteiger partial charge in [0.2, 0.25) is 10.0 Å². The molecule has 136 valence electrons. The van der Waals surface area contributed by atoms with Gasteiger partial charge >= 0.3 is 0 Å². The van der Waals surface area contributed by atoms with Crippen LogP contribution >= 0.6 is 0 Å². The lowest BCUT2D eigenvalue weighted by Crippen LogP contribution is -2.46. The number of aromatic nitrogens is 3. The van der Waals surface area contributed by atoms with Gasteiger partial charge in [0.25, 0.3) is 0 Å². The van der Waals surface area contributed by atoms with Crippen molar-refractivity contribution in [2.24, 2.45) is 0 Å². The van der Waals surface area contributed by atoms with E-state index in [9.17, 15) is 8.42 Å². The standard InChI is InChI=1S/C17H25N5O2S/c1-15-3-5-17(6-4-15)25(23,24)22(16-7-9-18-10-8-16)12-2-11-21-13-19-20-14-21/h3-6,13-14,16,18H,2,7-12H2,1H3. The summed E-state index contributed by atoms with van der Waals surface area (Å²) in [6.45, 7) is 4.88. The Morgan fingerprint density at radius 3 is 2.44 bits per heavy atom. The van der Waals surface area contributed by atoms with E-state index < -0.39 is 10.0 Å². The Balaban J connectivity index is 1.77. The van der Waals surface area contributed by atoms with Crippen LogP contribution in [0.25, 0.3) is 0 Å². The molecular weight excluding hydrogens is 338 g/mol. The highest BCUT2D eigenvalue weighted by Crippen LogP contribution is 2.23. The van der Waals surface area contributed by atoms with Crippen LogP contribution in [0.1, 0.15) is 24.8 Å². The van der Waals surface area contributed by atoms with E-state index in [4.69, 9.17) is 0 Å². The summed E-state index contributed by atoms with van der Waals surface area (Å²) >= 11 is 0. The predicted octanol–water partition coefficient (Wildman–Crippen LogP) is 1.42. The summed E-state index contributed by atoms with van der Waals surface area (Å²) in [6.07, 6.45) is 5.73. The monoisotopic (exact) mass is 363 g/mol. The number of piperidine rings is 1. The van der Waals surface area contributed by atoms with Crippen molar-refractivity contribution in [1.82, 2.24) is 24.4 Å². The van der Waals surface area contributed by atoms with E-state index in [-0.39, 0.29) is 6.04 Å². The van der Waals surface area contributed by atoms with Crippen LogP contribution in [0.3, 0.4) is 0 Å². The second kappa shape index (κ2) is 8.07. The van der Waals surface area contributed by atoms with Gasteiger partial charge in [-0.05, 0) is 51.4 Å². The first-order valence-corrected chi connectivity index (χ1v) is 10.1. The fourth-order valence-electron chi connectivity index (χ4n) is 3.19. The molecule has 2 aromatic rings. The Morgan fingerprint density at radius 1 is 1.16 bits per heavy atom. The quantitative estimate of drug-likeness (QED) is 0.805. The van der Waals surface area contributed by atoms with E-state index in [1.165, 1.54) is 0 Å². The number of aryl methyl sites for hydroxylation is 2. The Hall–Kier alpha value is -1.77. The minimum atomic E-state index is -3.49. The third-order valence-electron chi connectivity index (χ3n) is 4.60. The van der Waals surface area contributed by atoms with Crippen molar-refractivity contribution in [3.63, 3.8) is 0 Å². The summed E-state index contributed by atoms with van der Waals surface area (Å²) in [4.78, 5) is 0.376. The van der Waals surface area contributed by atoms with E-state index in [0.717, 1.165) is 37.9 Å². The van der Waals surface area contributed by atoms with Crippen molar-refractivity contribution >= 4 is 10.0 Å². The highest BCUT2D eigenvalue weighted by atomic mass is 32.2. The Morgan fingerprint density at radius 2 is 1.80 bits per heavy atom. The molecule has 2 heterocycles. The van der Waals surface area contributed by atoms with E-state index in [0.29, 0.717) is 18.0 Å². The highest BCUT2D eigenvalue weighted by Gasteiger charge is 2.31. The van der Waals surface area contributed by atoms with Gasteiger partial charge < -0.3 is 9.88 Å². The Kier molecular flexibility index (Phi) is 5.82. The topological polar surface area (TPSA) is 80.1 Å². The molecule has 25 heavy (non-hydrogen) atoms. The molecule has 0 atom stereocenters. The fraction of sp³-hybridized carbons (Fsp3) is 0.529. The van der Waals surface area contributed by atoms with Gasteiger partial charge in [-0.3, -0.25) is 0 Å². The first kappa shape index (κ1) is 18.0. The molecule has 8 heteroatoms. The maximum atomic E-state index is 13.2. The molecular formula is C17H25N5O2S. The van der Waals surface area contributed by atoms with E-state index in [1.54, 1.807) is 29.1 Å². The summed E-state index contributed by atoms with van der Waals surface area (Å²) in [5.74, 6) is 0. The summed E-state index contributed by atoms with van der Waals surface area (Å²) in [6, 6.07) is 7.17.